The van der Waals surface area contributed by atoms with E-state index < -0.39 is 0 Å². The van der Waals surface area contributed by atoms with Gasteiger partial charge in [0.1, 0.15) is 11.3 Å². The minimum absolute atomic E-state index is 0.684. The van der Waals surface area contributed by atoms with E-state index in [2.05, 4.69) is 17.1 Å². The van der Waals surface area contributed by atoms with E-state index in [9.17, 15) is 4.79 Å². The first-order valence-electron chi connectivity index (χ1n) is 5.94. The van der Waals surface area contributed by atoms with Crippen LogP contribution in [0, 0.1) is 0 Å². The van der Waals surface area contributed by atoms with E-state index in [1.807, 2.05) is 48.7 Å². The van der Waals surface area contributed by atoms with E-state index in [4.69, 9.17) is 0 Å². The number of aldehydes is 1. The number of benzene rings is 2. The van der Waals surface area contributed by atoms with E-state index in [-0.39, 0.29) is 0 Å². The van der Waals surface area contributed by atoms with Crippen molar-refractivity contribution in [2.75, 3.05) is 0 Å². The summed E-state index contributed by atoms with van der Waals surface area (Å²) in [7, 11) is 0. The monoisotopic (exact) mass is 265 g/mol. The van der Waals surface area contributed by atoms with Gasteiger partial charge in [0.25, 0.3) is 0 Å². The summed E-state index contributed by atoms with van der Waals surface area (Å²) in [4.78, 5) is 16.2. The van der Waals surface area contributed by atoms with Gasteiger partial charge in [-0.15, -0.1) is 11.3 Å². The largest absolute Gasteiger partial charge is 0.298 e. The van der Waals surface area contributed by atoms with Gasteiger partial charge in [-0.2, -0.15) is 0 Å². The number of thiazole rings is 1. The van der Waals surface area contributed by atoms with Crippen LogP contribution in [0.1, 0.15) is 10.4 Å². The van der Waals surface area contributed by atoms with Crippen molar-refractivity contribution in [1.82, 2.24) is 4.98 Å². The van der Waals surface area contributed by atoms with Crippen LogP contribution in [-0.2, 0) is 0 Å². The summed E-state index contributed by atoms with van der Waals surface area (Å²) in [5, 5.41) is 0.969. The lowest BCUT2D eigenvalue weighted by atomic mass is 10.1. The Morgan fingerprint density at radius 1 is 0.895 bits per heavy atom. The first-order chi connectivity index (χ1) is 9.36. The van der Waals surface area contributed by atoms with E-state index in [1.165, 1.54) is 5.56 Å². The third kappa shape index (κ3) is 2.46. The molecule has 0 fully saturated rings. The topological polar surface area (TPSA) is 30.0 Å². The molecule has 0 bridgehead atoms. The van der Waals surface area contributed by atoms with Gasteiger partial charge in [-0.3, -0.25) is 4.79 Å². The molecule has 0 aliphatic rings. The molecule has 3 heteroatoms. The highest BCUT2D eigenvalue weighted by molar-refractivity contribution is 7.18. The quantitative estimate of drug-likeness (QED) is 0.661. The van der Waals surface area contributed by atoms with Crippen LogP contribution in [0.2, 0.25) is 0 Å². The molecule has 0 atom stereocenters. The third-order valence-electron chi connectivity index (χ3n) is 2.86. The Balaban J connectivity index is 1.94. The highest BCUT2D eigenvalue weighted by Crippen LogP contribution is 2.31. The number of carbonyl (C=O) groups is 1. The predicted molar refractivity (Wildman–Crippen MR) is 78.4 cm³/mol. The summed E-state index contributed by atoms with van der Waals surface area (Å²) < 4.78 is 0. The summed E-state index contributed by atoms with van der Waals surface area (Å²) in [5.74, 6) is 0. The fraction of sp³-hybridized carbons (Fsp3) is 0. The molecule has 0 amide bonds. The molecule has 92 valence electrons. The van der Waals surface area contributed by atoms with Crippen molar-refractivity contribution in [3.05, 3.63) is 66.4 Å². The maximum atomic E-state index is 10.6. The van der Waals surface area contributed by atoms with Crippen LogP contribution in [0.25, 0.3) is 21.0 Å². The Kier molecular flexibility index (Phi) is 3.21. The maximum absolute atomic E-state index is 10.6. The number of nitrogens with zero attached hydrogens (tertiary/aromatic N) is 1. The molecule has 0 aliphatic heterocycles. The zero-order chi connectivity index (χ0) is 13.1. The lowest BCUT2D eigenvalue weighted by molar-refractivity contribution is 0.112. The average molecular weight is 265 g/mol. The van der Waals surface area contributed by atoms with Gasteiger partial charge in [0.2, 0.25) is 0 Å². The molecule has 0 N–H and O–H groups in total. The number of hydrogen-bond acceptors (Lipinski definition) is 3. The van der Waals surface area contributed by atoms with Crippen LogP contribution < -0.4 is 0 Å². The molecule has 1 aromatic heterocycles. The second-order valence-electron chi connectivity index (χ2n) is 4.14. The van der Waals surface area contributed by atoms with Crippen molar-refractivity contribution < 1.29 is 4.79 Å². The Morgan fingerprint density at radius 2 is 1.63 bits per heavy atom. The molecular weight excluding hydrogens is 254 g/mol. The Labute approximate surface area is 115 Å². The van der Waals surface area contributed by atoms with Gasteiger partial charge in [0, 0.05) is 17.3 Å². The second-order valence-corrected chi connectivity index (χ2v) is 5.17. The molecule has 1 heterocycles. The average Bonchev–Trinajstić information content (AvgIpc) is 2.98. The van der Waals surface area contributed by atoms with Crippen LogP contribution in [0.4, 0.5) is 0 Å². The second kappa shape index (κ2) is 5.16. The first-order valence-corrected chi connectivity index (χ1v) is 6.75. The van der Waals surface area contributed by atoms with E-state index in [1.54, 1.807) is 11.3 Å². The highest BCUT2D eigenvalue weighted by Gasteiger charge is 2.06. The van der Waals surface area contributed by atoms with Gasteiger partial charge in [-0.25, -0.2) is 4.98 Å². The summed E-state index contributed by atoms with van der Waals surface area (Å²) in [6.07, 6.45) is 2.74. The number of carbonyl (C=O) groups excluding carboxylic acids is 1. The standard InChI is InChI=1S/C16H11NOS/c18-11-12-6-8-14(9-7-12)16-17-10-15(19-16)13-4-2-1-3-5-13/h1-11H. The number of aromatic nitrogens is 1. The Hall–Kier alpha value is -2.26. The molecule has 2 nitrogen and oxygen atoms in total. The molecule has 0 saturated heterocycles. The normalized spacial score (nSPS) is 10.3. The Morgan fingerprint density at radius 3 is 2.32 bits per heavy atom. The minimum Gasteiger partial charge on any atom is -0.298 e. The minimum atomic E-state index is 0.684. The van der Waals surface area contributed by atoms with Crippen molar-refractivity contribution in [1.29, 1.82) is 0 Å². The summed E-state index contributed by atoms with van der Waals surface area (Å²) in [6.45, 7) is 0. The van der Waals surface area contributed by atoms with Crippen LogP contribution >= 0.6 is 11.3 Å². The lowest BCUT2D eigenvalue weighted by Gasteiger charge is -1.96. The molecule has 3 rings (SSSR count). The summed E-state index contributed by atoms with van der Waals surface area (Å²) in [5.41, 5.74) is 2.90. The van der Waals surface area contributed by atoms with Gasteiger partial charge in [0.15, 0.2) is 0 Å². The zero-order valence-corrected chi connectivity index (χ0v) is 10.9. The molecule has 0 aliphatic carbocycles. The van der Waals surface area contributed by atoms with Gasteiger partial charge < -0.3 is 0 Å². The highest BCUT2D eigenvalue weighted by atomic mass is 32.1. The molecule has 3 aromatic rings. The maximum Gasteiger partial charge on any atom is 0.150 e. The van der Waals surface area contributed by atoms with Crippen LogP contribution in [0.3, 0.4) is 0 Å². The first kappa shape index (κ1) is 11.8. The van der Waals surface area contributed by atoms with Crippen molar-refractivity contribution in [3.8, 4) is 21.0 Å². The molecule has 0 radical (unpaired) electrons. The molecule has 0 saturated carbocycles. The molecule has 19 heavy (non-hydrogen) atoms. The van der Waals surface area contributed by atoms with Crippen molar-refractivity contribution in [2.24, 2.45) is 0 Å². The predicted octanol–water partition coefficient (Wildman–Crippen LogP) is 4.29. The smallest absolute Gasteiger partial charge is 0.150 e. The number of rotatable bonds is 3. The van der Waals surface area contributed by atoms with Gasteiger partial charge in [-0.05, 0) is 5.56 Å². The van der Waals surface area contributed by atoms with Crippen LogP contribution in [-0.4, -0.2) is 11.3 Å². The lowest BCUT2D eigenvalue weighted by Crippen LogP contribution is -1.79. The molecule has 2 aromatic carbocycles. The Bertz CT molecular complexity index is 686. The number of hydrogen-bond donors (Lipinski definition) is 0. The van der Waals surface area contributed by atoms with Crippen molar-refractivity contribution >= 4 is 17.6 Å². The molecular formula is C16H11NOS. The zero-order valence-electron chi connectivity index (χ0n) is 10.1. The van der Waals surface area contributed by atoms with E-state index in [0.29, 0.717) is 5.56 Å². The van der Waals surface area contributed by atoms with Gasteiger partial charge in [0.05, 0.1) is 4.88 Å². The van der Waals surface area contributed by atoms with Crippen LogP contribution in [0.15, 0.2) is 60.8 Å². The van der Waals surface area contributed by atoms with Gasteiger partial charge in [-0.1, -0.05) is 54.6 Å². The molecule has 0 spiro atoms. The van der Waals surface area contributed by atoms with Gasteiger partial charge >= 0.3 is 0 Å². The molecule has 0 unspecified atom stereocenters. The van der Waals surface area contributed by atoms with E-state index in [0.717, 1.165) is 21.7 Å². The van der Waals surface area contributed by atoms with Crippen LogP contribution in [0.5, 0.6) is 0 Å². The fourth-order valence-electron chi connectivity index (χ4n) is 1.85. The fourth-order valence-corrected chi connectivity index (χ4v) is 2.77. The summed E-state index contributed by atoms with van der Waals surface area (Å²) >= 11 is 1.65. The SMILES string of the molecule is O=Cc1ccc(-c2ncc(-c3ccccc3)s2)cc1. The van der Waals surface area contributed by atoms with Crippen molar-refractivity contribution in [3.63, 3.8) is 0 Å². The summed E-state index contributed by atoms with van der Waals surface area (Å²) in [6, 6.07) is 17.7. The van der Waals surface area contributed by atoms with Crippen molar-refractivity contribution in [2.45, 2.75) is 0 Å². The third-order valence-corrected chi connectivity index (χ3v) is 3.95. The van der Waals surface area contributed by atoms with E-state index >= 15 is 0 Å².